The molecule has 0 aliphatic carbocycles. The number of benzene rings is 2. The van der Waals surface area contributed by atoms with Crippen molar-refractivity contribution in [1.82, 2.24) is 0 Å². The van der Waals surface area contributed by atoms with Crippen molar-refractivity contribution in [3.8, 4) is 0 Å². The van der Waals surface area contributed by atoms with E-state index in [4.69, 9.17) is 23.4 Å². The minimum Gasteiger partial charge on any atom is -0.404 e. The van der Waals surface area contributed by atoms with E-state index in [-0.39, 0.29) is 11.6 Å². The van der Waals surface area contributed by atoms with E-state index < -0.39 is 38.2 Å². The highest BCUT2D eigenvalue weighted by Crippen LogP contribution is 2.45. The van der Waals surface area contributed by atoms with Gasteiger partial charge in [-0.05, 0) is 35.7 Å². The number of ether oxygens (including phenoxy) is 4. The molecule has 6 nitrogen and oxygen atoms in total. The molecule has 2 heterocycles. The van der Waals surface area contributed by atoms with E-state index in [2.05, 4.69) is 52.0 Å². The van der Waals surface area contributed by atoms with Crippen molar-refractivity contribution in [2.75, 3.05) is 13.2 Å². The highest BCUT2D eigenvalue weighted by Gasteiger charge is 2.64. The number of carbonyl (C=O) groups is 1. The van der Waals surface area contributed by atoms with E-state index in [0.29, 0.717) is 6.61 Å². The van der Waals surface area contributed by atoms with Crippen LogP contribution < -0.4 is 10.4 Å². The summed E-state index contributed by atoms with van der Waals surface area (Å²) in [5.41, 5.74) is -1.34. The predicted molar refractivity (Wildman–Crippen MR) is 142 cm³/mol. The maximum absolute atomic E-state index is 12.8. The number of fused-ring (bicyclic) bond motifs is 1. The first kappa shape index (κ1) is 27.2. The standard InChI is InChI=1S/C29H40O6Si/c1-7-8-19-31-25-24-26(34-28(5,6)33-24)35-29(25,20-30)21-32-36(27(2,3)4,22-15-11-9-12-16-22)23-17-13-10-14-18-23/h9-18,20,24-26H,7-8,19,21H2,1-6H3. The number of rotatable bonds is 10. The molecule has 196 valence electrons. The summed E-state index contributed by atoms with van der Waals surface area (Å²) in [5.74, 6) is -0.810. The molecule has 36 heavy (non-hydrogen) atoms. The lowest BCUT2D eigenvalue weighted by atomic mass is 9.97. The first-order valence-electron chi connectivity index (χ1n) is 12.9. The fourth-order valence-corrected chi connectivity index (χ4v) is 10.0. The molecule has 7 heteroatoms. The number of hydrogen-bond donors (Lipinski definition) is 0. The highest BCUT2D eigenvalue weighted by atomic mass is 28.4. The van der Waals surface area contributed by atoms with Gasteiger partial charge in [-0.3, -0.25) is 4.79 Å². The lowest BCUT2D eigenvalue weighted by Gasteiger charge is -2.45. The first-order chi connectivity index (χ1) is 17.1. The molecule has 0 amide bonds. The molecule has 0 aromatic heterocycles. The Morgan fingerprint density at radius 1 is 0.944 bits per heavy atom. The van der Waals surface area contributed by atoms with Gasteiger partial charge in [-0.25, -0.2) is 0 Å². The van der Waals surface area contributed by atoms with Crippen LogP contribution in [-0.4, -0.2) is 57.7 Å². The minimum atomic E-state index is -2.89. The zero-order valence-electron chi connectivity index (χ0n) is 22.4. The maximum Gasteiger partial charge on any atom is 0.261 e. The Balaban J connectivity index is 1.74. The van der Waals surface area contributed by atoms with Crippen LogP contribution in [0.4, 0.5) is 0 Å². The molecule has 2 saturated heterocycles. The van der Waals surface area contributed by atoms with Gasteiger partial charge in [-0.2, -0.15) is 0 Å². The fourth-order valence-electron chi connectivity index (χ4n) is 5.43. The molecule has 0 radical (unpaired) electrons. The van der Waals surface area contributed by atoms with Gasteiger partial charge in [-0.15, -0.1) is 0 Å². The number of hydrogen-bond acceptors (Lipinski definition) is 6. The third-order valence-corrected chi connectivity index (χ3v) is 12.1. The summed E-state index contributed by atoms with van der Waals surface area (Å²) in [6, 6.07) is 20.7. The van der Waals surface area contributed by atoms with Crippen molar-refractivity contribution < 1.29 is 28.2 Å². The summed E-state index contributed by atoms with van der Waals surface area (Å²) in [4.78, 5) is 12.8. The Hall–Kier alpha value is -1.87. The van der Waals surface area contributed by atoms with Crippen LogP contribution in [0.5, 0.6) is 0 Å². The highest BCUT2D eigenvalue weighted by molar-refractivity contribution is 6.99. The molecule has 0 saturated carbocycles. The van der Waals surface area contributed by atoms with Crippen LogP contribution in [0.15, 0.2) is 60.7 Å². The van der Waals surface area contributed by atoms with Crippen molar-refractivity contribution in [3.63, 3.8) is 0 Å². The van der Waals surface area contributed by atoms with Gasteiger partial charge in [0.1, 0.15) is 12.2 Å². The van der Waals surface area contributed by atoms with E-state index >= 15 is 0 Å². The zero-order valence-corrected chi connectivity index (χ0v) is 23.4. The maximum atomic E-state index is 12.8. The third kappa shape index (κ3) is 4.97. The van der Waals surface area contributed by atoms with Crippen LogP contribution in [0, 0.1) is 0 Å². The number of unbranched alkanes of at least 4 members (excludes halogenated alkanes) is 1. The number of carbonyl (C=O) groups excluding carboxylic acids is 1. The van der Waals surface area contributed by atoms with Gasteiger partial charge in [0.15, 0.2) is 24.0 Å². The van der Waals surface area contributed by atoms with Gasteiger partial charge in [0.25, 0.3) is 8.32 Å². The Morgan fingerprint density at radius 2 is 1.53 bits per heavy atom. The molecule has 2 fully saturated rings. The molecular formula is C29H40O6Si. The van der Waals surface area contributed by atoms with Crippen molar-refractivity contribution in [2.45, 2.75) is 89.3 Å². The second kappa shape index (κ2) is 10.5. The SMILES string of the molecule is CCCCOC1C2OC(C)(C)OC2OC1(C=O)CO[Si](c1ccccc1)(c1ccccc1)C(C)(C)C. The molecule has 0 N–H and O–H groups in total. The van der Waals surface area contributed by atoms with E-state index in [1.165, 1.54) is 0 Å². The monoisotopic (exact) mass is 512 g/mol. The summed E-state index contributed by atoms with van der Waals surface area (Å²) in [6.07, 6.45) is 0.857. The average molecular weight is 513 g/mol. The van der Waals surface area contributed by atoms with Gasteiger partial charge >= 0.3 is 0 Å². The average Bonchev–Trinajstić information content (AvgIpc) is 3.29. The predicted octanol–water partition coefficient (Wildman–Crippen LogP) is 4.19. The summed E-state index contributed by atoms with van der Waals surface area (Å²) in [6.45, 7) is 13.0. The second-order valence-corrected chi connectivity index (χ2v) is 15.6. The van der Waals surface area contributed by atoms with Crippen molar-refractivity contribution in [1.29, 1.82) is 0 Å². The van der Waals surface area contributed by atoms with E-state index in [0.717, 1.165) is 29.5 Å². The topological polar surface area (TPSA) is 63.2 Å². The summed E-state index contributed by atoms with van der Waals surface area (Å²) in [5, 5.41) is 2.04. The molecular weight excluding hydrogens is 472 g/mol. The molecule has 4 atom stereocenters. The Kier molecular flexibility index (Phi) is 7.91. The van der Waals surface area contributed by atoms with Crippen molar-refractivity contribution in [3.05, 3.63) is 60.7 Å². The summed E-state index contributed by atoms with van der Waals surface area (Å²) in [7, 11) is -2.89. The molecule has 0 spiro atoms. The van der Waals surface area contributed by atoms with Crippen molar-refractivity contribution >= 4 is 25.0 Å². The molecule has 2 aromatic rings. The smallest absolute Gasteiger partial charge is 0.261 e. The lowest BCUT2D eigenvalue weighted by molar-refractivity contribution is -0.241. The van der Waals surface area contributed by atoms with Crippen LogP contribution >= 0.6 is 0 Å². The molecule has 2 aromatic carbocycles. The van der Waals surface area contributed by atoms with Crippen LogP contribution in [-0.2, 0) is 28.2 Å². The summed E-state index contributed by atoms with van der Waals surface area (Å²) >= 11 is 0. The molecule has 4 rings (SSSR count). The Labute approximate surface area is 216 Å². The minimum absolute atomic E-state index is 0.0424. The van der Waals surface area contributed by atoms with Gasteiger partial charge in [0.05, 0.1) is 6.61 Å². The quantitative estimate of drug-likeness (QED) is 0.270. The molecule has 2 aliphatic rings. The Bertz CT molecular complexity index is 966. The summed E-state index contributed by atoms with van der Waals surface area (Å²) < 4.78 is 31.9. The van der Waals surface area contributed by atoms with Gasteiger partial charge in [-0.1, -0.05) is 94.8 Å². The van der Waals surface area contributed by atoms with Crippen LogP contribution in [0.2, 0.25) is 5.04 Å². The van der Waals surface area contributed by atoms with Crippen LogP contribution in [0.3, 0.4) is 0 Å². The Morgan fingerprint density at radius 3 is 2.03 bits per heavy atom. The van der Waals surface area contributed by atoms with Crippen LogP contribution in [0.25, 0.3) is 0 Å². The second-order valence-electron chi connectivity index (χ2n) is 11.3. The molecule has 4 unspecified atom stereocenters. The molecule has 2 aliphatic heterocycles. The van der Waals surface area contributed by atoms with Gasteiger partial charge in [0.2, 0.25) is 0 Å². The van der Waals surface area contributed by atoms with E-state index in [1.807, 2.05) is 50.2 Å². The fraction of sp³-hybridized carbons (Fsp3) is 0.552. The lowest BCUT2D eigenvalue weighted by Crippen LogP contribution is -2.68. The first-order valence-corrected chi connectivity index (χ1v) is 14.9. The van der Waals surface area contributed by atoms with Gasteiger partial charge in [0, 0.05) is 6.61 Å². The normalized spacial score (nSPS) is 27.7. The van der Waals surface area contributed by atoms with E-state index in [1.54, 1.807) is 0 Å². The third-order valence-electron chi connectivity index (χ3n) is 7.13. The van der Waals surface area contributed by atoms with E-state index in [9.17, 15) is 4.79 Å². The molecule has 0 bridgehead atoms. The largest absolute Gasteiger partial charge is 0.404 e. The number of aldehydes is 1. The van der Waals surface area contributed by atoms with Crippen molar-refractivity contribution in [2.24, 2.45) is 0 Å². The van der Waals surface area contributed by atoms with Crippen LogP contribution in [0.1, 0.15) is 54.4 Å². The van der Waals surface area contributed by atoms with Gasteiger partial charge < -0.3 is 23.4 Å². The zero-order chi connectivity index (χ0) is 26.0.